The smallest absolute Gasteiger partial charge is 0.0431 e. The van der Waals surface area contributed by atoms with Gasteiger partial charge in [0.2, 0.25) is 0 Å². The van der Waals surface area contributed by atoms with Crippen molar-refractivity contribution in [2.75, 3.05) is 6.61 Å². The van der Waals surface area contributed by atoms with Gasteiger partial charge in [-0.2, -0.15) is 0 Å². The maximum absolute atomic E-state index is 8.71. The van der Waals surface area contributed by atoms with Crippen molar-refractivity contribution in [3.8, 4) is 23.7 Å². The quantitative estimate of drug-likeness (QED) is 0.199. The molecule has 0 atom stereocenters. The molecule has 0 aliphatic carbocycles. The molecule has 150 valence electrons. The zero-order valence-electron chi connectivity index (χ0n) is 17.6. The summed E-state index contributed by atoms with van der Waals surface area (Å²) < 4.78 is 0. The zero-order valence-corrected chi connectivity index (χ0v) is 17.6. The summed E-state index contributed by atoms with van der Waals surface area (Å²) >= 11 is 0. The highest BCUT2D eigenvalue weighted by molar-refractivity contribution is 5.25. The van der Waals surface area contributed by atoms with Gasteiger partial charge in [-0.15, -0.1) is 0 Å². The minimum absolute atomic E-state index is 0.343. The molecule has 0 fully saturated rings. The average molecular weight is 361 g/mol. The first-order valence-electron chi connectivity index (χ1n) is 11.5. The Morgan fingerprint density at radius 2 is 0.808 bits per heavy atom. The van der Waals surface area contributed by atoms with Crippen LogP contribution in [-0.2, 0) is 0 Å². The standard InChI is InChI=1S/C25H44O/c1-2-3-4-5-6-7-8-9-10-11-12-13-14-15-16-17-18-19-20-21-22-23-24-25-26/h26H,2-12,17-25H2,1H3. The van der Waals surface area contributed by atoms with Crippen molar-refractivity contribution in [3.05, 3.63) is 0 Å². The third-order valence-electron chi connectivity index (χ3n) is 4.85. The number of aliphatic hydroxyl groups excluding tert-OH is 1. The summed E-state index contributed by atoms with van der Waals surface area (Å²) in [5.74, 6) is 12.4. The van der Waals surface area contributed by atoms with Crippen LogP contribution < -0.4 is 0 Å². The summed E-state index contributed by atoms with van der Waals surface area (Å²) in [6.07, 6.45) is 24.3. The minimum Gasteiger partial charge on any atom is -0.396 e. The Morgan fingerprint density at radius 1 is 0.462 bits per heavy atom. The van der Waals surface area contributed by atoms with E-state index >= 15 is 0 Å². The molecule has 0 aromatic rings. The summed E-state index contributed by atoms with van der Waals surface area (Å²) in [7, 11) is 0. The van der Waals surface area contributed by atoms with Crippen LogP contribution >= 0.6 is 0 Å². The van der Waals surface area contributed by atoms with Gasteiger partial charge in [0.25, 0.3) is 0 Å². The van der Waals surface area contributed by atoms with E-state index in [0.29, 0.717) is 6.61 Å². The summed E-state index contributed by atoms with van der Waals surface area (Å²) in [6.45, 7) is 2.62. The van der Waals surface area contributed by atoms with Crippen molar-refractivity contribution in [2.24, 2.45) is 0 Å². The van der Waals surface area contributed by atoms with Crippen molar-refractivity contribution in [2.45, 2.75) is 129 Å². The van der Waals surface area contributed by atoms with Crippen molar-refractivity contribution in [1.29, 1.82) is 0 Å². The number of hydrogen-bond acceptors (Lipinski definition) is 1. The number of hydrogen-bond donors (Lipinski definition) is 1. The van der Waals surface area contributed by atoms with E-state index in [1.54, 1.807) is 0 Å². The van der Waals surface area contributed by atoms with Gasteiger partial charge in [0, 0.05) is 19.4 Å². The lowest BCUT2D eigenvalue weighted by Crippen LogP contribution is -1.83. The predicted molar refractivity (Wildman–Crippen MR) is 116 cm³/mol. The monoisotopic (exact) mass is 360 g/mol. The normalized spacial score (nSPS) is 10.1. The molecule has 0 aliphatic rings. The first kappa shape index (κ1) is 25.1. The summed E-state index contributed by atoms with van der Waals surface area (Å²) in [4.78, 5) is 0. The predicted octanol–water partition coefficient (Wildman–Crippen LogP) is 7.42. The highest BCUT2D eigenvalue weighted by Gasteiger charge is 1.92. The molecule has 0 saturated heterocycles. The second kappa shape index (κ2) is 24.1. The van der Waals surface area contributed by atoms with Crippen molar-refractivity contribution < 1.29 is 5.11 Å². The van der Waals surface area contributed by atoms with E-state index in [2.05, 4.69) is 30.6 Å². The van der Waals surface area contributed by atoms with Crippen LogP contribution in [0.3, 0.4) is 0 Å². The maximum atomic E-state index is 8.71. The first-order chi connectivity index (χ1) is 12.9. The molecule has 0 heterocycles. The third-order valence-corrected chi connectivity index (χ3v) is 4.85. The fraction of sp³-hybridized carbons (Fsp3) is 0.840. The zero-order chi connectivity index (χ0) is 19.0. The molecule has 1 heteroatoms. The fourth-order valence-corrected chi connectivity index (χ4v) is 3.12. The lowest BCUT2D eigenvalue weighted by Gasteiger charge is -2.00. The molecular formula is C25H44O. The van der Waals surface area contributed by atoms with Gasteiger partial charge in [-0.25, -0.2) is 0 Å². The highest BCUT2D eigenvalue weighted by atomic mass is 16.2. The van der Waals surface area contributed by atoms with E-state index in [1.165, 1.54) is 103 Å². The molecule has 1 N–H and O–H groups in total. The molecule has 0 radical (unpaired) electrons. The largest absolute Gasteiger partial charge is 0.396 e. The topological polar surface area (TPSA) is 20.2 Å². The molecule has 0 rings (SSSR count). The number of aliphatic hydroxyl groups is 1. The van der Waals surface area contributed by atoms with Crippen LogP contribution in [0.4, 0.5) is 0 Å². The van der Waals surface area contributed by atoms with Crippen LogP contribution in [0.15, 0.2) is 0 Å². The third kappa shape index (κ3) is 23.1. The van der Waals surface area contributed by atoms with Crippen LogP contribution in [-0.4, -0.2) is 11.7 Å². The molecule has 1 nitrogen and oxygen atoms in total. The van der Waals surface area contributed by atoms with Gasteiger partial charge < -0.3 is 5.11 Å². The van der Waals surface area contributed by atoms with Gasteiger partial charge in [0.15, 0.2) is 0 Å². The second-order valence-electron chi connectivity index (χ2n) is 7.48. The molecule has 0 saturated carbocycles. The Bertz CT molecular complexity index is 376. The Kier molecular flexibility index (Phi) is 23.2. The highest BCUT2D eigenvalue weighted by Crippen LogP contribution is 2.11. The number of unbranched alkanes of at least 4 members (excludes halogenated alkanes) is 17. The lowest BCUT2D eigenvalue weighted by molar-refractivity contribution is 0.282. The maximum Gasteiger partial charge on any atom is 0.0431 e. The van der Waals surface area contributed by atoms with Crippen molar-refractivity contribution in [1.82, 2.24) is 0 Å². The Balaban J connectivity index is 3.22. The average Bonchev–Trinajstić information content (AvgIpc) is 2.66. The van der Waals surface area contributed by atoms with Crippen LogP contribution in [0.25, 0.3) is 0 Å². The molecule has 0 bridgehead atoms. The summed E-state index contributed by atoms with van der Waals surface area (Å²) in [5.41, 5.74) is 0. The molecule has 0 spiro atoms. The summed E-state index contributed by atoms with van der Waals surface area (Å²) in [6, 6.07) is 0. The fourth-order valence-electron chi connectivity index (χ4n) is 3.12. The molecule has 0 aliphatic heterocycles. The van der Waals surface area contributed by atoms with Gasteiger partial charge in [-0.1, -0.05) is 109 Å². The molecule has 0 aromatic heterocycles. The molecule has 0 unspecified atom stereocenters. The van der Waals surface area contributed by atoms with Crippen LogP contribution in [0.1, 0.15) is 129 Å². The minimum atomic E-state index is 0.343. The Labute approximate surface area is 164 Å². The molecule has 26 heavy (non-hydrogen) atoms. The Hall–Kier alpha value is -0.920. The summed E-state index contributed by atoms with van der Waals surface area (Å²) in [5, 5.41) is 8.71. The van der Waals surface area contributed by atoms with Gasteiger partial charge in [0.05, 0.1) is 0 Å². The lowest BCUT2D eigenvalue weighted by atomic mass is 10.1. The van der Waals surface area contributed by atoms with E-state index in [0.717, 1.165) is 19.3 Å². The van der Waals surface area contributed by atoms with E-state index in [4.69, 9.17) is 5.11 Å². The molecule has 0 aromatic carbocycles. The second-order valence-corrected chi connectivity index (χ2v) is 7.48. The van der Waals surface area contributed by atoms with Crippen LogP contribution in [0, 0.1) is 23.7 Å². The van der Waals surface area contributed by atoms with Crippen LogP contribution in [0.2, 0.25) is 0 Å². The van der Waals surface area contributed by atoms with Crippen molar-refractivity contribution in [3.63, 3.8) is 0 Å². The van der Waals surface area contributed by atoms with Crippen LogP contribution in [0.5, 0.6) is 0 Å². The number of rotatable bonds is 18. The van der Waals surface area contributed by atoms with Gasteiger partial charge >= 0.3 is 0 Å². The van der Waals surface area contributed by atoms with Gasteiger partial charge in [-0.05, 0) is 31.1 Å². The van der Waals surface area contributed by atoms with E-state index < -0.39 is 0 Å². The molecule has 0 amide bonds. The SMILES string of the molecule is CCCCCCCCCCCCC#CC#CCCCCCCCCCO. The van der Waals surface area contributed by atoms with E-state index in [9.17, 15) is 0 Å². The Morgan fingerprint density at radius 3 is 1.19 bits per heavy atom. The first-order valence-corrected chi connectivity index (χ1v) is 11.5. The van der Waals surface area contributed by atoms with Gasteiger partial charge in [-0.3, -0.25) is 0 Å². The van der Waals surface area contributed by atoms with Gasteiger partial charge in [0.1, 0.15) is 0 Å². The van der Waals surface area contributed by atoms with Crippen molar-refractivity contribution >= 4 is 0 Å². The molecular weight excluding hydrogens is 316 g/mol. The van der Waals surface area contributed by atoms with E-state index in [1.807, 2.05) is 0 Å². The van der Waals surface area contributed by atoms with E-state index in [-0.39, 0.29) is 0 Å².